The van der Waals surface area contributed by atoms with Crippen molar-refractivity contribution in [2.45, 2.75) is 0 Å². The SMILES string of the molecule is O=C(O)c1coc(C(=O)Nc2ccccc2Br)c1. The van der Waals surface area contributed by atoms with E-state index < -0.39 is 11.9 Å². The van der Waals surface area contributed by atoms with Crippen LogP contribution >= 0.6 is 15.9 Å². The molecule has 0 aliphatic carbocycles. The molecule has 1 aromatic heterocycles. The standard InChI is InChI=1S/C12H8BrNO4/c13-8-3-1-2-4-9(8)14-11(15)10-5-7(6-18-10)12(16)17/h1-6H,(H,14,15)(H,16,17). The third-order valence-corrected chi connectivity index (χ3v) is 2.88. The second-order valence-electron chi connectivity index (χ2n) is 3.44. The average molecular weight is 310 g/mol. The molecular formula is C12H8BrNO4. The second kappa shape index (κ2) is 5.05. The van der Waals surface area contributed by atoms with Crippen LogP contribution in [0.1, 0.15) is 20.9 Å². The summed E-state index contributed by atoms with van der Waals surface area (Å²) in [5.74, 6) is -1.70. The minimum Gasteiger partial charge on any atom is -0.478 e. The van der Waals surface area contributed by atoms with E-state index in [1.165, 1.54) is 6.07 Å². The van der Waals surface area contributed by atoms with Crippen molar-refractivity contribution in [1.29, 1.82) is 0 Å². The highest BCUT2D eigenvalue weighted by Gasteiger charge is 2.15. The van der Waals surface area contributed by atoms with Crippen molar-refractivity contribution in [2.75, 3.05) is 5.32 Å². The van der Waals surface area contributed by atoms with Crippen molar-refractivity contribution in [3.05, 3.63) is 52.4 Å². The summed E-state index contributed by atoms with van der Waals surface area (Å²) in [6.45, 7) is 0. The van der Waals surface area contributed by atoms with E-state index in [4.69, 9.17) is 9.52 Å². The van der Waals surface area contributed by atoms with Gasteiger partial charge in [0.15, 0.2) is 5.76 Å². The molecule has 0 aliphatic rings. The molecule has 18 heavy (non-hydrogen) atoms. The van der Waals surface area contributed by atoms with Gasteiger partial charge in [-0.25, -0.2) is 4.79 Å². The number of furan rings is 1. The van der Waals surface area contributed by atoms with Crippen LogP contribution in [0.25, 0.3) is 0 Å². The Balaban J connectivity index is 2.17. The zero-order valence-corrected chi connectivity index (χ0v) is 10.6. The highest BCUT2D eigenvalue weighted by atomic mass is 79.9. The molecule has 6 heteroatoms. The van der Waals surface area contributed by atoms with Gasteiger partial charge in [0.1, 0.15) is 6.26 Å². The van der Waals surface area contributed by atoms with Crippen molar-refractivity contribution in [3.8, 4) is 0 Å². The normalized spacial score (nSPS) is 10.1. The number of benzene rings is 1. The van der Waals surface area contributed by atoms with Crippen LogP contribution < -0.4 is 5.32 Å². The fourth-order valence-corrected chi connectivity index (χ4v) is 1.70. The first-order valence-corrected chi connectivity index (χ1v) is 5.75. The van der Waals surface area contributed by atoms with Crippen LogP contribution in [0.15, 0.2) is 45.5 Å². The fourth-order valence-electron chi connectivity index (χ4n) is 1.31. The summed E-state index contributed by atoms with van der Waals surface area (Å²) in [7, 11) is 0. The number of carbonyl (C=O) groups is 2. The van der Waals surface area contributed by atoms with E-state index in [0.29, 0.717) is 5.69 Å². The van der Waals surface area contributed by atoms with Crippen LogP contribution in [0.2, 0.25) is 0 Å². The fraction of sp³-hybridized carbons (Fsp3) is 0. The highest BCUT2D eigenvalue weighted by Crippen LogP contribution is 2.22. The van der Waals surface area contributed by atoms with Gasteiger partial charge < -0.3 is 14.8 Å². The molecule has 0 spiro atoms. The molecule has 2 aromatic rings. The average Bonchev–Trinajstić information content (AvgIpc) is 2.81. The van der Waals surface area contributed by atoms with Crippen LogP contribution in [0, 0.1) is 0 Å². The van der Waals surface area contributed by atoms with E-state index in [2.05, 4.69) is 21.2 Å². The van der Waals surface area contributed by atoms with Gasteiger partial charge in [0.2, 0.25) is 0 Å². The molecule has 0 saturated carbocycles. The molecule has 1 aromatic carbocycles. The Labute approximate surface area is 111 Å². The van der Waals surface area contributed by atoms with Crippen LogP contribution in [0.4, 0.5) is 5.69 Å². The molecule has 1 amide bonds. The van der Waals surface area contributed by atoms with Gasteiger partial charge in [0, 0.05) is 10.5 Å². The molecule has 0 aliphatic heterocycles. The van der Waals surface area contributed by atoms with Crippen molar-refractivity contribution in [3.63, 3.8) is 0 Å². The number of nitrogens with one attached hydrogen (secondary N) is 1. The first kappa shape index (κ1) is 12.4. The minimum atomic E-state index is -1.14. The van der Waals surface area contributed by atoms with Gasteiger partial charge in [0.25, 0.3) is 5.91 Å². The highest BCUT2D eigenvalue weighted by molar-refractivity contribution is 9.10. The van der Waals surface area contributed by atoms with Gasteiger partial charge >= 0.3 is 5.97 Å². The number of amides is 1. The smallest absolute Gasteiger partial charge is 0.338 e. The van der Waals surface area contributed by atoms with E-state index in [1.54, 1.807) is 18.2 Å². The Morgan fingerprint density at radius 2 is 2.00 bits per heavy atom. The lowest BCUT2D eigenvalue weighted by Gasteiger charge is -2.04. The summed E-state index contributed by atoms with van der Waals surface area (Å²) in [6.07, 6.45) is 1.03. The zero-order valence-electron chi connectivity index (χ0n) is 9.01. The zero-order chi connectivity index (χ0) is 13.1. The third kappa shape index (κ3) is 2.60. The van der Waals surface area contributed by atoms with Crippen molar-refractivity contribution < 1.29 is 19.1 Å². The van der Waals surface area contributed by atoms with E-state index in [9.17, 15) is 9.59 Å². The van der Waals surface area contributed by atoms with Gasteiger partial charge in [-0.2, -0.15) is 0 Å². The number of carbonyl (C=O) groups excluding carboxylic acids is 1. The monoisotopic (exact) mass is 309 g/mol. The third-order valence-electron chi connectivity index (χ3n) is 2.19. The summed E-state index contributed by atoms with van der Waals surface area (Å²) in [4.78, 5) is 22.4. The quantitative estimate of drug-likeness (QED) is 0.913. The predicted molar refractivity (Wildman–Crippen MR) is 67.8 cm³/mol. The summed E-state index contributed by atoms with van der Waals surface area (Å²) >= 11 is 3.29. The second-order valence-corrected chi connectivity index (χ2v) is 4.29. The van der Waals surface area contributed by atoms with E-state index in [0.717, 1.165) is 10.7 Å². The number of para-hydroxylation sites is 1. The molecule has 0 saturated heterocycles. The van der Waals surface area contributed by atoms with Crippen LogP contribution in [0.3, 0.4) is 0 Å². The first-order chi connectivity index (χ1) is 8.58. The van der Waals surface area contributed by atoms with Gasteiger partial charge in [-0.05, 0) is 28.1 Å². The predicted octanol–water partition coefficient (Wildman–Crippen LogP) is 2.99. The lowest BCUT2D eigenvalue weighted by atomic mass is 10.3. The first-order valence-electron chi connectivity index (χ1n) is 4.95. The number of hydrogen-bond donors (Lipinski definition) is 2. The number of carboxylic acids is 1. The molecule has 0 radical (unpaired) electrons. The lowest BCUT2D eigenvalue weighted by Crippen LogP contribution is -2.11. The number of halogens is 1. The Bertz CT molecular complexity index is 606. The Kier molecular flexibility index (Phi) is 3.47. The number of carboxylic acid groups (broad SMARTS) is 1. The molecule has 1 heterocycles. The molecule has 2 N–H and O–H groups in total. The topological polar surface area (TPSA) is 79.5 Å². The molecule has 0 bridgehead atoms. The summed E-state index contributed by atoms with van der Waals surface area (Å²) in [6, 6.07) is 8.25. The summed E-state index contributed by atoms with van der Waals surface area (Å²) in [5, 5.41) is 11.3. The maximum absolute atomic E-state index is 11.8. The molecule has 92 valence electrons. The number of aromatic carboxylic acids is 1. The van der Waals surface area contributed by atoms with Crippen molar-refractivity contribution in [1.82, 2.24) is 0 Å². The molecule has 0 unspecified atom stereocenters. The molecule has 2 rings (SSSR count). The molecular weight excluding hydrogens is 302 g/mol. The lowest BCUT2D eigenvalue weighted by molar-refractivity contribution is 0.0696. The van der Waals surface area contributed by atoms with E-state index in [-0.39, 0.29) is 11.3 Å². The largest absolute Gasteiger partial charge is 0.478 e. The molecule has 5 nitrogen and oxygen atoms in total. The van der Waals surface area contributed by atoms with Gasteiger partial charge in [-0.15, -0.1) is 0 Å². The van der Waals surface area contributed by atoms with Gasteiger partial charge in [-0.3, -0.25) is 4.79 Å². The number of hydrogen-bond acceptors (Lipinski definition) is 3. The molecule has 0 fully saturated rings. The number of anilines is 1. The van der Waals surface area contributed by atoms with Gasteiger partial charge in [0.05, 0.1) is 11.3 Å². The van der Waals surface area contributed by atoms with E-state index in [1.807, 2.05) is 6.07 Å². The minimum absolute atomic E-state index is 0.0526. The van der Waals surface area contributed by atoms with Crippen LogP contribution in [-0.4, -0.2) is 17.0 Å². The Morgan fingerprint density at radius 3 is 2.61 bits per heavy atom. The summed E-state index contributed by atoms with van der Waals surface area (Å²) in [5.41, 5.74) is 0.517. The maximum Gasteiger partial charge on any atom is 0.338 e. The Morgan fingerprint density at radius 1 is 1.28 bits per heavy atom. The summed E-state index contributed by atoms with van der Waals surface area (Å²) < 4.78 is 5.62. The van der Waals surface area contributed by atoms with Crippen LogP contribution in [0.5, 0.6) is 0 Å². The number of rotatable bonds is 3. The van der Waals surface area contributed by atoms with Gasteiger partial charge in [-0.1, -0.05) is 12.1 Å². The van der Waals surface area contributed by atoms with Crippen LogP contribution in [-0.2, 0) is 0 Å². The van der Waals surface area contributed by atoms with E-state index >= 15 is 0 Å². The van der Waals surface area contributed by atoms with Crippen molar-refractivity contribution >= 4 is 33.5 Å². The van der Waals surface area contributed by atoms with Crippen molar-refractivity contribution in [2.24, 2.45) is 0 Å². The Hall–Kier alpha value is -2.08. The molecule has 0 atom stereocenters. The maximum atomic E-state index is 11.8.